The first-order valence-electron chi connectivity index (χ1n) is 13.3. The maximum Gasteiger partial charge on any atom is 0.308 e. The number of carbonyl (C=O) groups is 2. The number of esters is 1. The van der Waals surface area contributed by atoms with Gasteiger partial charge >= 0.3 is 5.97 Å². The van der Waals surface area contributed by atoms with Gasteiger partial charge in [0.2, 0.25) is 0 Å². The molecule has 0 saturated heterocycles. The van der Waals surface area contributed by atoms with E-state index in [-0.39, 0.29) is 47.4 Å². The molecule has 0 aromatic heterocycles. The number of aliphatic hydroxyl groups is 1. The van der Waals surface area contributed by atoms with E-state index < -0.39 is 12.1 Å². The number of rotatable bonds is 8. The maximum atomic E-state index is 13.1. The van der Waals surface area contributed by atoms with Crippen molar-refractivity contribution in [2.75, 3.05) is 0 Å². The van der Waals surface area contributed by atoms with E-state index in [4.69, 9.17) is 4.74 Å². The summed E-state index contributed by atoms with van der Waals surface area (Å²) in [4.78, 5) is 25.4. The molecular weight excluding hydrogens is 460 g/mol. The number of fused-ring (bicyclic) bond motifs is 3. The molecule has 2 bridgehead atoms. The molecule has 4 nitrogen and oxygen atoms in total. The first kappa shape index (κ1) is 25.4. The molecule has 4 heteroatoms. The van der Waals surface area contributed by atoms with E-state index in [2.05, 4.69) is 57.2 Å². The van der Waals surface area contributed by atoms with Crippen LogP contribution in [-0.4, -0.2) is 29.1 Å². The molecule has 3 unspecified atom stereocenters. The van der Waals surface area contributed by atoms with Gasteiger partial charge in [0.05, 0.1) is 12.5 Å². The zero-order valence-electron chi connectivity index (χ0n) is 21.9. The van der Waals surface area contributed by atoms with Crippen molar-refractivity contribution in [2.24, 2.45) is 16.7 Å². The number of allylic oxidation sites excluding steroid dienone is 1. The lowest BCUT2D eigenvalue weighted by Crippen LogP contribution is -2.35. The Hall–Kier alpha value is -3.24. The zero-order valence-corrected chi connectivity index (χ0v) is 21.9. The fourth-order valence-corrected chi connectivity index (χ4v) is 7.00. The third-order valence-electron chi connectivity index (χ3n) is 9.31. The molecule has 2 aliphatic rings. The molecule has 37 heavy (non-hydrogen) atoms. The Morgan fingerprint density at radius 3 is 2.46 bits per heavy atom. The molecule has 1 N–H and O–H groups in total. The molecule has 5 atom stereocenters. The van der Waals surface area contributed by atoms with Crippen molar-refractivity contribution in [3.8, 4) is 0 Å². The lowest BCUT2D eigenvalue weighted by atomic mass is 9.64. The molecule has 3 aromatic carbocycles. The van der Waals surface area contributed by atoms with Gasteiger partial charge in [0.15, 0.2) is 5.78 Å². The molecular formula is C33H36O4. The van der Waals surface area contributed by atoms with Gasteiger partial charge in [-0.25, -0.2) is 0 Å². The lowest BCUT2D eigenvalue weighted by molar-refractivity contribution is -0.155. The molecule has 0 heterocycles. The maximum absolute atomic E-state index is 13.1. The van der Waals surface area contributed by atoms with Crippen LogP contribution in [0.1, 0.15) is 63.5 Å². The van der Waals surface area contributed by atoms with E-state index >= 15 is 0 Å². The molecule has 3 aromatic rings. The molecule has 2 aliphatic carbocycles. The normalized spacial score (nSPS) is 27.0. The Balaban J connectivity index is 1.32. The van der Waals surface area contributed by atoms with Gasteiger partial charge in [0.25, 0.3) is 0 Å². The summed E-state index contributed by atoms with van der Waals surface area (Å²) in [6.45, 7) is 6.96. The average Bonchev–Trinajstić information content (AvgIpc) is 3.20. The number of hydrogen-bond donors (Lipinski definition) is 1. The standard InChI is InChI=1S/C33H36O4/c1-32(2)28-18-19-33(32,3)30(27-15-9-13-23-12-7-8-14-26(23)27)31(28)37-29(36)21-25(35)20-24(34)17-16-22-10-5-4-6-11-22/h4-17,25,28,30-31,35H,18-21H2,1-3H3/t25-,28?,30?,31?,33-/m1/s1. The van der Waals surface area contributed by atoms with Crippen LogP contribution in [0.25, 0.3) is 16.8 Å². The molecule has 2 saturated carbocycles. The van der Waals surface area contributed by atoms with E-state index in [1.54, 1.807) is 6.08 Å². The summed E-state index contributed by atoms with van der Waals surface area (Å²) in [5, 5.41) is 12.9. The number of ether oxygens (including phenoxy) is 1. The van der Waals surface area contributed by atoms with Crippen LogP contribution in [0.15, 0.2) is 78.9 Å². The summed E-state index contributed by atoms with van der Waals surface area (Å²) in [6.07, 6.45) is 3.67. The Morgan fingerprint density at radius 2 is 1.68 bits per heavy atom. The average molecular weight is 497 g/mol. The van der Waals surface area contributed by atoms with Crippen molar-refractivity contribution in [2.45, 2.75) is 64.6 Å². The lowest BCUT2D eigenvalue weighted by Gasteiger charge is -2.40. The SMILES string of the molecule is CC1(C)C2CC[C@]1(C)C(c1cccc3ccccc13)C2OC(=O)C[C@H](O)CC(=O)C=Cc1ccccc1. The number of benzene rings is 3. The predicted octanol–water partition coefficient (Wildman–Crippen LogP) is 6.71. The van der Waals surface area contributed by atoms with Gasteiger partial charge in [-0.15, -0.1) is 0 Å². The van der Waals surface area contributed by atoms with E-state index in [9.17, 15) is 14.7 Å². The van der Waals surface area contributed by atoms with Crippen LogP contribution in [0.3, 0.4) is 0 Å². The number of aliphatic hydroxyl groups excluding tert-OH is 1. The topological polar surface area (TPSA) is 63.6 Å². The van der Waals surface area contributed by atoms with Gasteiger partial charge in [0, 0.05) is 18.3 Å². The molecule has 5 rings (SSSR count). The van der Waals surface area contributed by atoms with Crippen molar-refractivity contribution >= 4 is 28.6 Å². The minimum atomic E-state index is -1.07. The Morgan fingerprint density at radius 1 is 0.973 bits per heavy atom. The van der Waals surface area contributed by atoms with Crippen LogP contribution in [0.2, 0.25) is 0 Å². The third-order valence-corrected chi connectivity index (χ3v) is 9.31. The van der Waals surface area contributed by atoms with Gasteiger partial charge in [-0.1, -0.05) is 99.6 Å². The Bertz CT molecular complexity index is 1320. The first-order chi connectivity index (χ1) is 17.7. The summed E-state index contributed by atoms with van der Waals surface area (Å²) in [5.41, 5.74) is 2.15. The van der Waals surface area contributed by atoms with Crippen molar-refractivity contribution in [1.82, 2.24) is 0 Å². The quantitative estimate of drug-likeness (QED) is 0.278. The fraction of sp³-hybridized carbons (Fsp3) is 0.394. The van der Waals surface area contributed by atoms with Crippen LogP contribution in [0.4, 0.5) is 0 Å². The molecule has 0 radical (unpaired) electrons. The summed E-state index contributed by atoms with van der Waals surface area (Å²) in [7, 11) is 0. The van der Waals surface area contributed by atoms with E-state index in [0.717, 1.165) is 18.4 Å². The summed E-state index contributed by atoms with van der Waals surface area (Å²) in [5.74, 6) is -0.331. The number of ketones is 1. The van der Waals surface area contributed by atoms with Crippen LogP contribution in [0.5, 0.6) is 0 Å². The van der Waals surface area contributed by atoms with Crippen LogP contribution >= 0.6 is 0 Å². The summed E-state index contributed by atoms with van der Waals surface area (Å²) in [6, 6.07) is 24.3. The monoisotopic (exact) mass is 496 g/mol. The van der Waals surface area contributed by atoms with E-state index in [0.29, 0.717) is 0 Å². The highest BCUT2D eigenvalue weighted by molar-refractivity contribution is 5.94. The minimum absolute atomic E-state index is 0.0103. The smallest absolute Gasteiger partial charge is 0.308 e. The summed E-state index contributed by atoms with van der Waals surface area (Å²) >= 11 is 0. The number of carbonyl (C=O) groups excluding carboxylic acids is 2. The molecule has 0 aliphatic heterocycles. The Labute approximate surface area is 219 Å². The predicted molar refractivity (Wildman–Crippen MR) is 147 cm³/mol. The highest BCUT2D eigenvalue weighted by Gasteiger charge is 2.67. The van der Waals surface area contributed by atoms with Crippen molar-refractivity contribution < 1.29 is 19.4 Å². The van der Waals surface area contributed by atoms with E-state index in [1.807, 2.05) is 36.4 Å². The van der Waals surface area contributed by atoms with Crippen LogP contribution in [0, 0.1) is 16.7 Å². The van der Waals surface area contributed by atoms with Crippen molar-refractivity contribution in [3.05, 3.63) is 90.0 Å². The highest BCUT2D eigenvalue weighted by Crippen LogP contribution is 2.72. The molecule has 192 valence electrons. The highest BCUT2D eigenvalue weighted by atomic mass is 16.5. The number of hydrogen-bond acceptors (Lipinski definition) is 4. The van der Waals surface area contributed by atoms with Gasteiger partial charge < -0.3 is 9.84 Å². The second-order valence-electron chi connectivity index (χ2n) is 11.6. The van der Waals surface area contributed by atoms with Gasteiger partial charge in [-0.3, -0.25) is 9.59 Å². The second-order valence-corrected chi connectivity index (χ2v) is 11.6. The van der Waals surface area contributed by atoms with Crippen molar-refractivity contribution in [3.63, 3.8) is 0 Å². The zero-order chi connectivity index (χ0) is 26.2. The fourth-order valence-electron chi connectivity index (χ4n) is 7.00. The minimum Gasteiger partial charge on any atom is -0.461 e. The van der Waals surface area contributed by atoms with Gasteiger partial charge in [0.1, 0.15) is 6.10 Å². The van der Waals surface area contributed by atoms with Crippen LogP contribution in [-0.2, 0) is 14.3 Å². The van der Waals surface area contributed by atoms with E-state index in [1.165, 1.54) is 22.4 Å². The summed E-state index contributed by atoms with van der Waals surface area (Å²) < 4.78 is 6.22. The first-order valence-corrected chi connectivity index (χ1v) is 13.3. The van der Waals surface area contributed by atoms with Crippen molar-refractivity contribution in [1.29, 1.82) is 0 Å². The Kier molecular flexibility index (Phi) is 6.80. The second kappa shape index (κ2) is 9.90. The molecule has 0 spiro atoms. The van der Waals surface area contributed by atoms with Gasteiger partial charge in [-0.05, 0) is 51.6 Å². The van der Waals surface area contributed by atoms with Gasteiger partial charge in [-0.2, -0.15) is 0 Å². The largest absolute Gasteiger partial charge is 0.461 e. The third kappa shape index (κ3) is 4.64. The molecule has 0 amide bonds. The molecule has 2 fully saturated rings. The van der Waals surface area contributed by atoms with Crippen LogP contribution < -0.4 is 0 Å².